The zero-order valence-electron chi connectivity index (χ0n) is 33.7. The van der Waals surface area contributed by atoms with Gasteiger partial charge in [-0.25, -0.2) is 4.98 Å². The molecule has 7 rings (SSSR count). The maximum Gasteiger partial charge on any atom is 0.309 e. The minimum absolute atomic E-state index is 0.00419. The third-order valence-electron chi connectivity index (χ3n) is 16.0. The lowest BCUT2D eigenvalue weighted by Crippen LogP contribution is -2.65. The number of nitrogens with zero attached hydrogens (tertiary/aromatic N) is 4. The van der Waals surface area contributed by atoms with Crippen molar-refractivity contribution < 1.29 is 28.6 Å². The molecule has 8 atom stereocenters. The summed E-state index contributed by atoms with van der Waals surface area (Å²) in [6.45, 7) is 19.6. The maximum atomic E-state index is 14.1. The number of esters is 1. The van der Waals surface area contributed by atoms with Crippen molar-refractivity contribution >= 4 is 17.7 Å². The molecule has 0 amide bonds. The van der Waals surface area contributed by atoms with E-state index in [4.69, 9.17) is 9.15 Å². The van der Waals surface area contributed by atoms with Crippen molar-refractivity contribution in [2.24, 2.45) is 56.2 Å². The number of Topliss-reactive ketones (excluding diaryl/α,β-unsaturated/α-hetero) is 1. The number of pyridine rings is 1. The van der Waals surface area contributed by atoms with E-state index in [0.29, 0.717) is 47.7 Å². The van der Waals surface area contributed by atoms with Gasteiger partial charge in [-0.05, 0) is 123 Å². The molecule has 2 aromatic heterocycles. The molecular weight excluding hydrogens is 681 g/mol. The van der Waals surface area contributed by atoms with Crippen molar-refractivity contribution in [2.75, 3.05) is 0 Å². The van der Waals surface area contributed by atoms with Gasteiger partial charge in [0.05, 0.1) is 17.4 Å². The largest absolute Gasteiger partial charge is 0.481 e. The molecule has 8 unspecified atom stereocenters. The number of nitriles is 1. The number of ketones is 1. The highest BCUT2D eigenvalue weighted by Crippen LogP contribution is 2.77. The van der Waals surface area contributed by atoms with Gasteiger partial charge in [0.1, 0.15) is 17.9 Å². The van der Waals surface area contributed by atoms with Gasteiger partial charge in [-0.1, -0.05) is 54.0 Å². The van der Waals surface area contributed by atoms with E-state index in [2.05, 4.69) is 69.7 Å². The number of ether oxygens (including phenoxy) is 1. The van der Waals surface area contributed by atoms with Crippen LogP contribution < -0.4 is 0 Å². The molecule has 0 spiro atoms. The van der Waals surface area contributed by atoms with Gasteiger partial charge in [-0.3, -0.25) is 14.4 Å². The molecule has 10 heteroatoms. The smallest absolute Gasteiger partial charge is 0.309 e. The summed E-state index contributed by atoms with van der Waals surface area (Å²) in [6, 6.07) is 5.50. The van der Waals surface area contributed by atoms with Crippen LogP contribution in [0.25, 0.3) is 11.6 Å². The number of carbonyl (C=O) groups is 3. The first-order chi connectivity index (χ1) is 25.2. The number of hydrogen-bond donors (Lipinski definition) is 1. The Kier molecular flexibility index (Phi) is 9.14. The first-order valence-electron chi connectivity index (χ1n) is 20.1. The van der Waals surface area contributed by atoms with Crippen molar-refractivity contribution in [1.82, 2.24) is 15.2 Å². The van der Waals surface area contributed by atoms with Gasteiger partial charge >= 0.3 is 11.9 Å². The minimum Gasteiger partial charge on any atom is -0.481 e. The predicted molar refractivity (Wildman–Crippen MR) is 201 cm³/mol. The molecule has 54 heavy (non-hydrogen) atoms. The summed E-state index contributed by atoms with van der Waals surface area (Å²) in [5.74, 6) is 0.935. The van der Waals surface area contributed by atoms with Gasteiger partial charge < -0.3 is 14.3 Å². The van der Waals surface area contributed by atoms with E-state index in [-0.39, 0.29) is 57.2 Å². The summed E-state index contributed by atoms with van der Waals surface area (Å²) < 4.78 is 12.4. The van der Waals surface area contributed by atoms with Crippen molar-refractivity contribution in [3.05, 3.63) is 40.9 Å². The van der Waals surface area contributed by atoms with E-state index in [1.165, 1.54) is 11.8 Å². The van der Waals surface area contributed by atoms with Gasteiger partial charge in [0.25, 0.3) is 5.89 Å². The number of carboxylic acid groups (broad SMARTS) is 1. The molecule has 4 fully saturated rings. The second kappa shape index (κ2) is 12.8. The lowest BCUT2D eigenvalue weighted by Gasteiger charge is -2.72. The lowest BCUT2D eigenvalue weighted by molar-refractivity contribution is -0.233. The molecule has 10 nitrogen and oxygen atoms in total. The summed E-state index contributed by atoms with van der Waals surface area (Å²) in [7, 11) is 0. The van der Waals surface area contributed by atoms with Crippen molar-refractivity contribution in [1.29, 1.82) is 5.26 Å². The number of fused-ring (bicyclic) bond motifs is 7. The third-order valence-corrected chi connectivity index (χ3v) is 16.0. The Morgan fingerprint density at radius 1 is 1.00 bits per heavy atom. The van der Waals surface area contributed by atoms with E-state index in [1.54, 1.807) is 26.0 Å². The minimum atomic E-state index is -1.17. The Morgan fingerprint density at radius 3 is 2.39 bits per heavy atom. The van der Waals surface area contributed by atoms with Crippen LogP contribution in [0.4, 0.5) is 0 Å². The van der Waals surface area contributed by atoms with E-state index >= 15 is 0 Å². The molecule has 0 saturated heterocycles. The molecule has 2 aromatic rings. The molecule has 2 heterocycles. The average molecular weight is 739 g/mol. The fraction of sp³-hybridized carbons (Fsp3) is 0.705. The molecule has 290 valence electrons. The topological polar surface area (TPSA) is 156 Å². The number of carbonyl (C=O) groups excluding carboxylic acids is 2. The zero-order valence-corrected chi connectivity index (χ0v) is 33.7. The first kappa shape index (κ1) is 38.4. The van der Waals surface area contributed by atoms with Crippen LogP contribution in [0.3, 0.4) is 0 Å². The van der Waals surface area contributed by atoms with Crippen molar-refractivity contribution in [3.63, 3.8) is 0 Å². The first-order valence-corrected chi connectivity index (χ1v) is 20.1. The summed E-state index contributed by atoms with van der Waals surface area (Å²) >= 11 is 0. The fourth-order valence-electron chi connectivity index (χ4n) is 13.1. The van der Waals surface area contributed by atoms with Crippen LogP contribution in [0.15, 0.2) is 33.9 Å². The predicted octanol–water partition coefficient (Wildman–Crippen LogP) is 8.94. The number of aromatic nitrogens is 3. The van der Waals surface area contributed by atoms with Gasteiger partial charge in [0.15, 0.2) is 5.78 Å². The molecule has 5 aliphatic carbocycles. The Morgan fingerprint density at radius 2 is 1.74 bits per heavy atom. The highest BCUT2D eigenvalue weighted by atomic mass is 16.5. The number of carboxylic acids is 1. The van der Waals surface area contributed by atoms with Gasteiger partial charge in [-0.2, -0.15) is 5.26 Å². The summed E-state index contributed by atoms with van der Waals surface area (Å²) in [5, 5.41) is 27.6. The highest BCUT2D eigenvalue weighted by Gasteiger charge is 2.70. The van der Waals surface area contributed by atoms with Gasteiger partial charge in [0.2, 0.25) is 5.89 Å². The molecule has 4 saturated carbocycles. The monoisotopic (exact) mass is 738 g/mol. The second-order valence-electron chi connectivity index (χ2n) is 19.9. The molecule has 5 aliphatic rings. The maximum absolute atomic E-state index is 14.1. The normalized spacial score (nSPS) is 35.8. The third kappa shape index (κ3) is 5.69. The Bertz CT molecular complexity index is 1940. The standard InChI is InChI=1S/C44H58N4O6/c1-25(2)35-29(49)20-44(21-33-47-48-37(54-33)28-12-10-26(23-45)24-46-28)19-18-42(8)27(36(35)44)11-13-31-41(7)16-15-32(53-34(50)22-39(3,4)38(51)52)40(5,6)30(41)14-17-43(31,42)9/h10,12,24-25,27,30-32H,11,13-22H2,1-9H3,(H,51,52). The highest BCUT2D eigenvalue weighted by molar-refractivity contribution is 6.00. The Balaban J connectivity index is 1.17. The molecule has 0 aromatic carbocycles. The van der Waals surface area contributed by atoms with Crippen LogP contribution in [0.2, 0.25) is 0 Å². The van der Waals surface area contributed by atoms with E-state index in [0.717, 1.165) is 56.9 Å². The number of aliphatic carboxylic acids is 1. The Labute approximate surface area is 319 Å². The van der Waals surface area contributed by atoms with E-state index in [1.807, 2.05) is 0 Å². The molecule has 0 bridgehead atoms. The zero-order chi connectivity index (χ0) is 39.2. The van der Waals surface area contributed by atoms with Crippen LogP contribution >= 0.6 is 0 Å². The van der Waals surface area contributed by atoms with E-state index in [9.17, 15) is 24.8 Å². The average Bonchev–Trinajstić information content (AvgIpc) is 3.67. The van der Waals surface area contributed by atoms with Crippen LogP contribution in [-0.2, 0) is 25.5 Å². The molecule has 0 radical (unpaired) electrons. The Hall–Kier alpha value is -3.87. The molecule has 0 aliphatic heterocycles. The lowest BCUT2D eigenvalue weighted by atomic mass is 9.33. The van der Waals surface area contributed by atoms with Crippen molar-refractivity contribution in [3.8, 4) is 17.7 Å². The number of allylic oxidation sites excluding steroid dienone is 2. The summed E-state index contributed by atoms with van der Waals surface area (Å²) in [4.78, 5) is 43.3. The fourth-order valence-corrected chi connectivity index (χ4v) is 13.1. The quantitative estimate of drug-likeness (QED) is 0.259. The van der Waals surface area contributed by atoms with E-state index < -0.39 is 17.4 Å². The van der Waals surface area contributed by atoms with Crippen LogP contribution in [0.5, 0.6) is 0 Å². The van der Waals surface area contributed by atoms with Crippen LogP contribution in [-0.4, -0.2) is 44.1 Å². The van der Waals surface area contributed by atoms with Gasteiger partial charge in [-0.15, -0.1) is 10.2 Å². The second-order valence-corrected chi connectivity index (χ2v) is 19.9. The van der Waals surface area contributed by atoms with Crippen molar-refractivity contribution in [2.45, 2.75) is 139 Å². The number of rotatable bonds is 8. The van der Waals surface area contributed by atoms with Crippen LogP contribution in [0.1, 0.15) is 138 Å². The summed E-state index contributed by atoms with van der Waals surface area (Å²) in [6.07, 6.45) is 10.0. The SMILES string of the molecule is CC(C)C1=C2C3CCC4C5(C)CCC(OC(=O)CC(C)(C)C(=O)O)C(C)(C)C5CCC4(C)C3(C)CCC2(Cc2nnc(-c3ccc(C#N)cn3)o2)CC1=O. The molecule has 1 N–H and O–H groups in total. The van der Waals surface area contributed by atoms with Crippen LogP contribution in [0, 0.1) is 67.5 Å². The number of hydrogen-bond acceptors (Lipinski definition) is 9. The molecular formula is C44H58N4O6. The van der Waals surface area contributed by atoms with Gasteiger partial charge in [0, 0.05) is 29.9 Å². The summed E-state index contributed by atoms with van der Waals surface area (Å²) in [5.41, 5.74) is 1.70.